The summed E-state index contributed by atoms with van der Waals surface area (Å²) in [7, 11) is -3.66. The Kier molecular flexibility index (Phi) is 5.91. The van der Waals surface area contributed by atoms with Crippen LogP contribution in [0.15, 0.2) is 29.2 Å². The van der Waals surface area contributed by atoms with Crippen LogP contribution in [0.2, 0.25) is 0 Å². The molecule has 0 saturated carbocycles. The molecule has 2 aliphatic heterocycles. The highest BCUT2D eigenvalue weighted by Gasteiger charge is 2.42. The second kappa shape index (κ2) is 7.97. The van der Waals surface area contributed by atoms with Crippen molar-refractivity contribution in [3.05, 3.63) is 29.8 Å². The molecular formula is C17H24N2O4S2. The second-order valence-corrected chi connectivity index (χ2v) is 9.45. The number of aryl methyl sites for hydroxylation is 1. The number of hydrogen-bond donors (Lipinski definition) is 2. The summed E-state index contributed by atoms with van der Waals surface area (Å²) in [6.45, 7) is 2.12. The summed E-state index contributed by atoms with van der Waals surface area (Å²) >= 11 is 1.90. The predicted octanol–water partition coefficient (Wildman–Crippen LogP) is 2.43. The average Bonchev–Trinajstić information content (AvgIpc) is 3.11. The van der Waals surface area contributed by atoms with Crippen molar-refractivity contribution in [2.24, 2.45) is 0 Å². The molecule has 3 atom stereocenters. The normalized spacial score (nSPS) is 25.5. The van der Waals surface area contributed by atoms with E-state index in [-0.39, 0.29) is 29.6 Å². The van der Waals surface area contributed by atoms with Crippen LogP contribution in [0.4, 0.5) is 4.79 Å². The highest BCUT2D eigenvalue weighted by Crippen LogP contribution is 2.33. The maximum atomic E-state index is 12.1. The number of unbranched alkanes of at least 4 members (excludes halogenated alkanes) is 2. The molecule has 25 heavy (non-hydrogen) atoms. The van der Waals surface area contributed by atoms with Gasteiger partial charge >= 0.3 is 6.03 Å². The number of nitrogens with one attached hydrogen (secondary N) is 2. The van der Waals surface area contributed by atoms with Gasteiger partial charge in [0.05, 0.1) is 23.6 Å². The molecule has 2 N–H and O–H groups in total. The minimum absolute atomic E-state index is 0.0602. The summed E-state index contributed by atoms with van der Waals surface area (Å²) in [5, 5.41) is 6.37. The maximum Gasteiger partial charge on any atom is 0.315 e. The highest BCUT2D eigenvalue weighted by atomic mass is 32.2. The van der Waals surface area contributed by atoms with Gasteiger partial charge in [-0.15, -0.1) is 0 Å². The fourth-order valence-electron chi connectivity index (χ4n) is 3.21. The van der Waals surface area contributed by atoms with Crippen LogP contribution in [0, 0.1) is 6.92 Å². The Balaban J connectivity index is 1.34. The summed E-state index contributed by atoms with van der Waals surface area (Å²) in [4.78, 5) is 11.5. The molecule has 2 heterocycles. The van der Waals surface area contributed by atoms with Gasteiger partial charge in [-0.25, -0.2) is 4.79 Å². The van der Waals surface area contributed by atoms with E-state index >= 15 is 0 Å². The Bertz CT molecular complexity index is 706. The molecule has 2 saturated heterocycles. The van der Waals surface area contributed by atoms with Gasteiger partial charge in [-0.2, -0.15) is 20.2 Å². The number of urea groups is 1. The molecule has 0 bridgehead atoms. The van der Waals surface area contributed by atoms with E-state index in [1.807, 2.05) is 18.7 Å². The molecule has 0 aliphatic carbocycles. The van der Waals surface area contributed by atoms with Gasteiger partial charge < -0.3 is 10.6 Å². The number of carbonyl (C=O) groups excluding carboxylic acids is 1. The Labute approximate surface area is 153 Å². The number of carbonyl (C=O) groups is 1. The third kappa shape index (κ3) is 4.68. The topological polar surface area (TPSA) is 84.5 Å². The lowest BCUT2D eigenvalue weighted by atomic mass is 10.0. The first-order valence-electron chi connectivity index (χ1n) is 8.60. The Hall–Kier alpha value is -1.25. The van der Waals surface area contributed by atoms with Crippen molar-refractivity contribution in [2.45, 2.75) is 54.8 Å². The van der Waals surface area contributed by atoms with Gasteiger partial charge in [0, 0.05) is 11.0 Å². The van der Waals surface area contributed by atoms with Crippen LogP contribution < -0.4 is 10.6 Å². The number of hydrogen-bond acceptors (Lipinski definition) is 5. The van der Waals surface area contributed by atoms with Gasteiger partial charge in [0.15, 0.2) is 0 Å². The third-order valence-electron chi connectivity index (χ3n) is 4.62. The zero-order chi connectivity index (χ0) is 17.9. The molecule has 1 aromatic rings. The summed E-state index contributed by atoms with van der Waals surface area (Å²) in [6, 6.07) is 7.10. The number of rotatable bonds is 8. The number of fused-ring (bicyclic) bond motifs is 1. The minimum atomic E-state index is -3.66. The molecule has 0 unspecified atom stereocenters. The Morgan fingerprint density at radius 1 is 1.16 bits per heavy atom. The largest absolute Gasteiger partial charge is 0.332 e. The zero-order valence-corrected chi connectivity index (χ0v) is 15.9. The van der Waals surface area contributed by atoms with Crippen LogP contribution in [0.25, 0.3) is 0 Å². The average molecular weight is 385 g/mol. The van der Waals surface area contributed by atoms with Crippen molar-refractivity contribution in [2.75, 3.05) is 12.4 Å². The van der Waals surface area contributed by atoms with Crippen molar-refractivity contribution in [1.29, 1.82) is 0 Å². The molecule has 2 amide bonds. The lowest BCUT2D eigenvalue weighted by molar-refractivity contribution is 0.247. The van der Waals surface area contributed by atoms with Crippen molar-refractivity contribution in [3.63, 3.8) is 0 Å². The molecule has 2 aliphatic rings. The van der Waals surface area contributed by atoms with E-state index in [4.69, 9.17) is 4.18 Å². The number of amides is 2. The molecule has 138 valence electrons. The van der Waals surface area contributed by atoms with E-state index in [0.29, 0.717) is 11.7 Å². The fourth-order valence-corrected chi connectivity index (χ4v) is 5.70. The first-order chi connectivity index (χ1) is 12.0. The lowest BCUT2D eigenvalue weighted by Crippen LogP contribution is -2.36. The van der Waals surface area contributed by atoms with Crippen LogP contribution in [-0.2, 0) is 14.3 Å². The Morgan fingerprint density at radius 3 is 2.68 bits per heavy atom. The van der Waals surface area contributed by atoms with Crippen LogP contribution in [0.3, 0.4) is 0 Å². The zero-order valence-electron chi connectivity index (χ0n) is 14.2. The Morgan fingerprint density at radius 2 is 1.92 bits per heavy atom. The van der Waals surface area contributed by atoms with Crippen LogP contribution in [-0.4, -0.2) is 44.1 Å². The first-order valence-corrected chi connectivity index (χ1v) is 11.1. The molecule has 0 radical (unpaired) electrons. The van der Waals surface area contributed by atoms with Crippen molar-refractivity contribution >= 4 is 27.9 Å². The van der Waals surface area contributed by atoms with Crippen molar-refractivity contribution in [1.82, 2.24) is 10.6 Å². The molecule has 3 rings (SSSR count). The van der Waals surface area contributed by atoms with Crippen LogP contribution in [0.1, 0.15) is 31.2 Å². The minimum Gasteiger partial charge on any atom is -0.332 e. The van der Waals surface area contributed by atoms with E-state index in [9.17, 15) is 13.2 Å². The highest BCUT2D eigenvalue weighted by molar-refractivity contribution is 8.00. The van der Waals surface area contributed by atoms with E-state index in [1.165, 1.54) is 0 Å². The van der Waals surface area contributed by atoms with E-state index in [0.717, 1.165) is 30.6 Å². The standard InChI is InChI=1S/C17H24N2O4S2/c1-12-6-8-13(9-7-12)25(21,22)23-10-4-2-3-5-15-16-14(11-24-15)18-17(20)19-16/h6-9,14-16H,2-5,10-11H2,1H3,(H2,18,19,20)/t14-,15+,16-/m1/s1. The monoisotopic (exact) mass is 384 g/mol. The first kappa shape index (κ1) is 18.5. The lowest BCUT2D eigenvalue weighted by Gasteiger charge is -2.16. The van der Waals surface area contributed by atoms with E-state index < -0.39 is 10.1 Å². The second-order valence-electron chi connectivity index (χ2n) is 6.56. The van der Waals surface area contributed by atoms with Crippen molar-refractivity contribution in [3.8, 4) is 0 Å². The summed E-state index contributed by atoms with van der Waals surface area (Å²) < 4.78 is 29.2. The molecule has 6 nitrogen and oxygen atoms in total. The number of thioether (sulfide) groups is 1. The molecule has 2 fully saturated rings. The summed E-state index contributed by atoms with van der Waals surface area (Å²) in [5.74, 6) is 0.964. The number of benzene rings is 1. The summed E-state index contributed by atoms with van der Waals surface area (Å²) in [5.41, 5.74) is 1.01. The van der Waals surface area contributed by atoms with Crippen molar-refractivity contribution < 1.29 is 17.4 Å². The molecule has 8 heteroatoms. The summed E-state index contributed by atoms with van der Waals surface area (Å²) in [6.07, 6.45) is 3.66. The van der Waals surface area contributed by atoms with Crippen LogP contribution >= 0.6 is 11.8 Å². The third-order valence-corrected chi connectivity index (χ3v) is 7.45. The van der Waals surface area contributed by atoms with E-state index in [2.05, 4.69) is 10.6 Å². The van der Waals surface area contributed by atoms with Gasteiger partial charge in [0.25, 0.3) is 10.1 Å². The fraction of sp³-hybridized carbons (Fsp3) is 0.588. The molecule has 0 spiro atoms. The van der Waals surface area contributed by atoms with Gasteiger partial charge in [-0.3, -0.25) is 4.18 Å². The van der Waals surface area contributed by atoms with Gasteiger partial charge in [-0.05, 0) is 31.9 Å². The van der Waals surface area contributed by atoms with Crippen LogP contribution in [0.5, 0.6) is 0 Å². The SMILES string of the molecule is Cc1ccc(S(=O)(=O)OCCCCC[C@@H]2SC[C@H]3NC(=O)N[C@@H]23)cc1. The van der Waals surface area contributed by atoms with Gasteiger partial charge in [0.1, 0.15) is 0 Å². The van der Waals surface area contributed by atoms with Gasteiger partial charge in [0.2, 0.25) is 0 Å². The maximum absolute atomic E-state index is 12.1. The molecular weight excluding hydrogens is 360 g/mol. The van der Waals surface area contributed by atoms with Gasteiger partial charge in [-0.1, -0.05) is 30.5 Å². The predicted molar refractivity (Wildman–Crippen MR) is 98.3 cm³/mol. The molecule has 1 aromatic carbocycles. The quantitative estimate of drug-likeness (QED) is 0.408. The molecule has 0 aromatic heterocycles. The van der Waals surface area contributed by atoms with E-state index in [1.54, 1.807) is 24.3 Å². The smallest absolute Gasteiger partial charge is 0.315 e.